The Labute approximate surface area is 125 Å². The second-order valence-electron chi connectivity index (χ2n) is 6.26. The lowest BCUT2D eigenvalue weighted by Gasteiger charge is -2.49. The van der Waals surface area contributed by atoms with Gasteiger partial charge in [-0.2, -0.15) is 0 Å². The Morgan fingerprint density at radius 3 is 2.86 bits per heavy atom. The number of aromatic carboxylic acids is 1. The molecule has 1 heterocycles. The molecule has 0 aromatic heterocycles. The van der Waals surface area contributed by atoms with E-state index < -0.39 is 5.97 Å². The first-order valence-electron chi connectivity index (χ1n) is 7.85. The van der Waals surface area contributed by atoms with Gasteiger partial charge in [0.15, 0.2) is 0 Å². The van der Waals surface area contributed by atoms with Crippen LogP contribution in [-0.2, 0) is 11.3 Å². The van der Waals surface area contributed by atoms with Gasteiger partial charge in [0.2, 0.25) is 0 Å². The van der Waals surface area contributed by atoms with Crippen molar-refractivity contribution < 1.29 is 14.6 Å². The van der Waals surface area contributed by atoms with E-state index in [4.69, 9.17) is 9.84 Å². The van der Waals surface area contributed by atoms with E-state index in [2.05, 4.69) is 4.90 Å². The zero-order chi connectivity index (χ0) is 14.7. The van der Waals surface area contributed by atoms with Gasteiger partial charge in [-0.05, 0) is 30.5 Å². The van der Waals surface area contributed by atoms with Gasteiger partial charge in [0, 0.05) is 18.6 Å². The highest BCUT2D eigenvalue weighted by atomic mass is 16.5. The summed E-state index contributed by atoms with van der Waals surface area (Å²) in [6, 6.07) is 7.32. The van der Waals surface area contributed by atoms with Crippen molar-refractivity contribution in [1.82, 2.24) is 4.90 Å². The number of morpholine rings is 1. The normalized spacial score (nSPS) is 22.3. The minimum absolute atomic E-state index is 0.176. The molecule has 0 amide bonds. The van der Waals surface area contributed by atoms with Crippen LogP contribution in [0.1, 0.15) is 48.0 Å². The van der Waals surface area contributed by atoms with Crippen LogP contribution in [0.4, 0.5) is 0 Å². The molecule has 0 radical (unpaired) electrons. The zero-order valence-electron chi connectivity index (χ0n) is 12.4. The van der Waals surface area contributed by atoms with Crippen LogP contribution < -0.4 is 0 Å². The van der Waals surface area contributed by atoms with Crippen LogP contribution in [-0.4, -0.2) is 41.3 Å². The Kier molecular flexibility index (Phi) is 4.27. The van der Waals surface area contributed by atoms with Crippen LogP contribution in [0, 0.1) is 0 Å². The van der Waals surface area contributed by atoms with Crippen molar-refractivity contribution in [2.24, 2.45) is 0 Å². The molecule has 1 saturated heterocycles. The Morgan fingerprint density at radius 1 is 1.29 bits per heavy atom. The van der Waals surface area contributed by atoms with Crippen LogP contribution in [0.25, 0.3) is 0 Å². The summed E-state index contributed by atoms with van der Waals surface area (Å²) in [4.78, 5) is 13.6. The van der Waals surface area contributed by atoms with Crippen molar-refractivity contribution in [3.8, 4) is 0 Å². The van der Waals surface area contributed by atoms with Crippen LogP contribution in [0.2, 0.25) is 0 Å². The Morgan fingerprint density at radius 2 is 2.10 bits per heavy atom. The fourth-order valence-corrected chi connectivity index (χ4v) is 3.71. The molecule has 2 aliphatic rings. The second kappa shape index (κ2) is 6.16. The average molecular weight is 289 g/mol. The Balaban J connectivity index is 1.78. The number of hydrogen-bond acceptors (Lipinski definition) is 3. The lowest BCUT2D eigenvalue weighted by molar-refractivity contribution is -0.0897. The molecule has 0 atom stereocenters. The summed E-state index contributed by atoms with van der Waals surface area (Å²) in [7, 11) is 0. The van der Waals surface area contributed by atoms with Crippen molar-refractivity contribution in [1.29, 1.82) is 0 Å². The van der Waals surface area contributed by atoms with Gasteiger partial charge in [-0.15, -0.1) is 0 Å². The molecular formula is C17H23NO3. The molecule has 1 N–H and O–H groups in total. The largest absolute Gasteiger partial charge is 0.478 e. The van der Waals surface area contributed by atoms with E-state index in [0.717, 1.165) is 31.9 Å². The molecule has 1 aromatic rings. The number of carboxylic acids is 1. The molecule has 0 bridgehead atoms. The summed E-state index contributed by atoms with van der Waals surface area (Å²) in [5.41, 5.74) is 1.63. The maximum Gasteiger partial charge on any atom is 0.335 e. The van der Waals surface area contributed by atoms with E-state index in [9.17, 15) is 4.79 Å². The van der Waals surface area contributed by atoms with E-state index in [-0.39, 0.29) is 5.54 Å². The molecule has 4 nitrogen and oxygen atoms in total. The molecule has 2 fully saturated rings. The van der Waals surface area contributed by atoms with Crippen LogP contribution in [0.3, 0.4) is 0 Å². The lowest BCUT2D eigenvalue weighted by atomic mass is 9.80. The summed E-state index contributed by atoms with van der Waals surface area (Å²) < 4.78 is 5.76. The SMILES string of the molecule is O=C(O)c1cccc(CN2CCOCC23CCCCC3)c1. The third-order valence-corrected chi connectivity index (χ3v) is 4.88. The molecular weight excluding hydrogens is 266 g/mol. The lowest BCUT2D eigenvalue weighted by Crippen LogP contribution is -2.57. The number of benzene rings is 1. The van der Waals surface area contributed by atoms with Gasteiger partial charge in [-0.3, -0.25) is 4.90 Å². The van der Waals surface area contributed by atoms with Crippen molar-refractivity contribution in [2.45, 2.75) is 44.2 Å². The molecule has 1 aliphatic heterocycles. The van der Waals surface area contributed by atoms with E-state index in [1.54, 1.807) is 12.1 Å². The van der Waals surface area contributed by atoms with Gasteiger partial charge in [0.1, 0.15) is 0 Å². The van der Waals surface area contributed by atoms with Gasteiger partial charge in [0.05, 0.1) is 18.8 Å². The number of hydrogen-bond donors (Lipinski definition) is 1. The first-order chi connectivity index (χ1) is 10.2. The van der Waals surface area contributed by atoms with Crippen molar-refractivity contribution in [3.63, 3.8) is 0 Å². The van der Waals surface area contributed by atoms with Gasteiger partial charge < -0.3 is 9.84 Å². The average Bonchev–Trinajstić information content (AvgIpc) is 2.51. The Hall–Kier alpha value is -1.39. The topological polar surface area (TPSA) is 49.8 Å². The molecule has 1 saturated carbocycles. The number of carboxylic acid groups (broad SMARTS) is 1. The zero-order valence-corrected chi connectivity index (χ0v) is 12.4. The van der Waals surface area contributed by atoms with Gasteiger partial charge in [-0.25, -0.2) is 4.79 Å². The molecule has 1 aromatic carbocycles. The smallest absolute Gasteiger partial charge is 0.335 e. The van der Waals surface area contributed by atoms with Crippen molar-refractivity contribution >= 4 is 5.97 Å². The quantitative estimate of drug-likeness (QED) is 0.929. The molecule has 21 heavy (non-hydrogen) atoms. The third-order valence-electron chi connectivity index (χ3n) is 4.88. The minimum atomic E-state index is -0.855. The van der Waals surface area contributed by atoms with Crippen LogP contribution in [0.5, 0.6) is 0 Å². The molecule has 0 unspecified atom stereocenters. The van der Waals surface area contributed by atoms with Crippen LogP contribution in [0.15, 0.2) is 24.3 Å². The highest BCUT2D eigenvalue weighted by Gasteiger charge is 2.40. The summed E-state index contributed by atoms with van der Waals surface area (Å²) >= 11 is 0. The fraction of sp³-hybridized carbons (Fsp3) is 0.588. The predicted molar refractivity (Wildman–Crippen MR) is 80.4 cm³/mol. The number of ether oxygens (including phenoxy) is 1. The van der Waals surface area contributed by atoms with Gasteiger partial charge in [0.25, 0.3) is 0 Å². The number of carbonyl (C=O) groups is 1. The first kappa shape index (κ1) is 14.5. The van der Waals surface area contributed by atoms with E-state index >= 15 is 0 Å². The summed E-state index contributed by atoms with van der Waals surface area (Å²) in [6.07, 6.45) is 6.27. The second-order valence-corrected chi connectivity index (χ2v) is 6.26. The summed E-state index contributed by atoms with van der Waals surface area (Å²) in [6.45, 7) is 3.37. The maximum absolute atomic E-state index is 11.1. The maximum atomic E-state index is 11.1. The van der Waals surface area contributed by atoms with Gasteiger partial charge in [-0.1, -0.05) is 31.4 Å². The fourth-order valence-electron chi connectivity index (χ4n) is 3.71. The van der Waals surface area contributed by atoms with Crippen molar-refractivity contribution in [2.75, 3.05) is 19.8 Å². The van der Waals surface area contributed by atoms with Crippen molar-refractivity contribution in [3.05, 3.63) is 35.4 Å². The van der Waals surface area contributed by atoms with E-state index in [0.29, 0.717) is 5.56 Å². The molecule has 4 heteroatoms. The highest BCUT2D eigenvalue weighted by molar-refractivity contribution is 5.87. The molecule has 3 rings (SSSR count). The third kappa shape index (κ3) is 3.11. The summed E-state index contributed by atoms with van der Waals surface area (Å²) in [5.74, 6) is -0.855. The highest BCUT2D eigenvalue weighted by Crippen LogP contribution is 2.36. The molecule has 1 spiro atoms. The van der Waals surface area contributed by atoms with E-state index in [1.807, 2.05) is 12.1 Å². The first-order valence-corrected chi connectivity index (χ1v) is 7.85. The standard InChI is InChI=1S/C17H23NO3/c19-16(20)15-6-4-5-14(11-15)12-18-9-10-21-13-17(18)7-2-1-3-8-17/h4-6,11H,1-3,7-10,12-13H2,(H,19,20). The molecule has 114 valence electrons. The monoisotopic (exact) mass is 289 g/mol. The minimum Gasteiger partial charge on any atom is -0.478 e. The summed E-state index contributed by atoms with van der Waals surface area (Å²) in [5, 5.41) is 9.12. The molecule has 1 aliphatic carbocycles. The number of rotatable bonds is 3. The number of nitrogens with zero attached hydrogens (tertiary/aromatic N) is 1. The van der Waals surface area contributed by atoms with E-state index in [1.165, 1.54) is 32.1 Å². The van der Waals surface area contributed by atoms with Crippen LogP contribution >= 0.6 is 0 Å². The Bertz CT molecular complexity index is 500. The van der Waals surface area contributed by atoms with Gasteiger partial charge >= 0.3 is 5.97 Å². The predicted octanol–water partition coefficient (Wildman–Crippen LogP) is 2.92.